The van der Waals surface area contributed by atoms with Gasteiger partial charge in [-0.1, -0.05) is 20.8 Å². The molecule has 1 aromatic heterocycles. The van der Waals surface area contributed by atoms with Crippen molar-refractivity contribution in [2.24, 2.45) is 5.41 Å². The van der Waals surface area contributed by atoms with E-state index in [1.807, 2.05) is 0 Å². The van der Waals surface area contributed by atoms with Crippen LogP contribution in [0.4, 0.5) is 5.95 Å². The number of nitrogen functional groups attached to an aromatic ring is 1. The maximum absolute atomic E-state index is 5.51. The first-order valence-corrected chi connectivity index (χ1v) is 5.22. The van der Waals surface area contributed by atoms with Gasteiger partial charge in [-0.25, -0.2) is 0 Å². The van der Waals surface area contributed by atoms with E-state index in [-0.39, 0.29) is 11.4 Å². The summed E-state index contributed by atoms with van der Waals surface area (Å²) in [5.41, 5.74) is 5.75. The summed E-state index contributed by atoms with van der Waals surface area (Å²) >= 11 is 0. The quantitative estimate of drug-likeness (QED) is 0.847. The van der Waals surface area contributed by atoms with Gasteiger partial charge >= 0.3 is 0 Å². The normalized spacial score (nSPS) is 11.2. The molecular weight excluding hydrogens is 206 g/mol. The summed E-state index contributed by atoms with van der Waals surface area (Å²) in [5.74, 6) is 1.02. The molecule has 0 aromatic carbocycles. The van der Waals surface area contributed by atoms with Crippen LogP contribution in [0.3, 0.4) is 0 Å². The van der Waals surface area contributed by atoms with E-state index in [1.54, 1.807) is 6.07 Å². The van der Waals surface area contributed by atoms with Gasteiger partial charge in [-0.3, -0.25) is 0 Å². The Bertz CT molecular complexity index is 348. The first-order valence-electron chi connectivity index (χ1n) is 5.22. The summed E-state index contributed by atoms with van der Waals surface area (Å²) in [7, 11) is 1.53. The van der Waals surface area contributed by atoms with Crippen molar-refractivity contribution in [1.82, 2.24) is 9.97 Å². The van der Waals surface area contributed by atoms with Gasteiger partial charge < -0.3 is 15.2 Å². The largest absolute Gasteiger partial charge is 0.481 e. The molecule has 0 aliphatic rings. The van der Waals surface area contributed by atoms with E-state index in [9.17, 15) is 0 Å². The summed E-state index contributed by atoms with van der Waals surface area (Å²) in [6.45, 7) is 7.07. The standard InChI is InChI=1S/C11H19N3O2/c1-11(2,3)5-6-16-9-7-8(15-4)13-10(12)14-9/h7H,5-6H2,1-4H3,(H2,12,13,14). The number of nitrogens with two attached hydrogens (primary N) is 1. The molecule has 0 radical (unpaired) electrons. The fraction of sp³-hybridized carbons (Fsp3) is 0.636. The molecule has 16 heavy (non-hydrogen) atoms. The molecule has 90 valence electrons. The zero-order valence-electron chi connectivity index (χ0n) is 10.3. The first-order chi connectivity index (χ1) is 7.40. The predicted octanol–water partition coefficient (Wildman–Crippen LogP) is 1.88. The first kappa shape index (κ1) is 12.5. The minimum absolute atomic E-state index is 0.158. The Morgan fingerprint density at radius 1 is 1.25 bits per heavy atom. The molecule has 1 rings (SSSR count). The molecular formula is C11H19N3O2. The van der Waals surface area contributed by atoms with E-state index >= 15 is 0 Å². The third-order valence-corrected chi connectivity index (χ3v) is 2.01. The molecule has 5 heteroatoms. The van der Waals surface area contributed by atoms with E-state index < -0.39 is 0 Å². The maximum atomic E-state index is 5.51. The van der Waals surface area contributed by atoms with Crippen LogP contribution in [0.5, 0.6) is 11.8 Å². The second-order valence-electron chi connectivity index (χ2n) is 4.77. The molecule has 0 aliphatic heterocycles. The second kappa shape index (κ2) is 5.01. The Morgan fingerprint density at radius 2 is 1.88 bits per heavy atom. The van der Waals surface area contributed by atoms with Gasteiger partial charge in [-0.05, 0) is 11.8 Å². The molecule has 0 saturated carbocycles. The zero-order chi connectivity index (χ0) is 12.2. The number of methoxy groups -OCH3 is 1. The van der Waals surface area contributed by atoms with Crippen LogP contribution in [0.2, 0.25) is 0 Å². The molecule has 0 unspecified atom stereocenters. The van der Waals surface area contributed by atoms with Crippen LogP contribution >= 0.6 is 0 Å². The number of hydrogen-bond acceptors (Lipinski definition) is 5. The number of nitrogens with zero attached hydrogens (tertiary/aromatic N) is 2. The number of rotatable bonds is 4. The van der Waals surface area contributed by atoms with Crippen LogP contribution in [0, 0.1) is 5.41 Å². The monoisotopic (exact) mass is 225 g/mol. The lowest BCUT2D eigenvalue weighted by atomic mass is 9.93. The van der Waals surface area contributed by atoms with Crippen LogP contribution in [0.25, 0.3) is 0 Å². The van der Waals surface area contributed by atoms with Gasteiger partial charge in [-0.15, -0.1) is 0 Å². The molecule has 0 bridgehead atoms. The number of anilines is 1. The van der Waals surface area contributed by atoms with Crippen molar-refractivity contribution in [2.45, 2.75) is 27.2 Å². The minimum Gasteiger partial charge on any atom is -0.481 e. The number of ether oxygens (including phenoxy) is 2. The Hall–Kier alpha value is -1.52. The lowest BCUT2D eigenvalue weighted by molar-refractivity contribution is 0.235. The molecule has 0 spiro atoms. The van der Waals surface area contributed by atoms with Crippen molar-refractivity contribution in [2.75, 3.05) is 19.5 Å². The summed E-state index contributed by atoms with van der Waals surface area (Å²) in [6, 6.07) is 1.62. The number of aromatic nitrogens is 2. The van der Waals surface area contributed by atoms with Crippen LogP contribution in [-0.4, -0.2) is 23.7 Å². The molecule has 0 aliphatic carbocycles. The van der Waals surface area contributed by atoms with Crippen molar-refractivity contribution in [1.29, 1.82) is 0 Å². The van der Waals surface area contributed by atoms with Gasteiger partial charge in [0.05, 0.1) is 19.8 Å². The van der Waals surface area contributed by atoms with Crippen molar-refractivity contribution >= 4 is 5.95 Å². The van der Waals surface area contributed by atoms with Gasteiger partial charge in [0.15, 0.2) is 0 Å². The van der Waals surface area contributed by atoms with Gasteiger partial charge in [0, 0.05) is 0 Å². The summed E-state index contributed by atoms with van der Waals surface area (Å²) in [5, 5.41) is 0. The van der Waals surface area contributed by atoms with Crippen LogP contribution < -0.4 is 15.2 Å². The highest BCUT2D eigenvalue weighted by atomic mass is 16.5. The third kappa shape index (κ3) is 4.33. The van der Waals surface area contributed by atoms with Gasteiger partial charge in [0.2, 0.25) is 17.7 Å². The van der Waals surface area contributed by atoms with E-state index in [2.05, 4.69) is 30.7 Å². The topological polar surface area (TPSA) is 70.3 Å². The highest BCUT2D eigenvalue weighted by Gasteiger charge is 2.11. The van der Waals surface area contributed by atoms with Gasteiger partial charge in [-0.2, -0.15) is 9.97 Å². The Balaban J connectivity index is 2.57. The average Bonchev–Trinajstić information content (AvgIpc) is 2.14. The van der Waals surface area contributed by atoms with Crippen LogP contribution in [-0.2, 0) is 0 Å². The fourth-order valence-electron chi connectivity index (χ4n) is 1.06. The average molecular weight is 225 g/mol. The SMILES string of the molecule is COc1cc(OCCC(C)(C)C)nc(N)n1. The molecule has 0 saturated heterocycles. The molecule has 5 nitrogen and oxygen atoms in total. The number of hydrogen-bond donors (Lipinski definition) is 1. The molecule has 0 fully saturated rings. The second-order valence-corrected chi connectivity index (χ2v) is 4.77. The van der Waals surface area contributed by atoms with E-state index in [4.69, 9.17) is 15.2 Å². The van der Waals surface area contributed by atoms with Crippen molar-refractivity contribution in [3.8, 4) is 11.8 Å². The summed E-state index contributed by atoms with van der Waals surface area (Å²) in [6.07, 6.45) is 0.944. The maximum Gasteiger partial charge on any atom is 0.226 e. The van der Waals surface area contributed by atoms with E-state index in [1.165, 1.54) is 7.11 Å². The molecule has 1 heterocycles. The predicted molar refractivity (Wildman–Crippen MR) is 62.6 cm³/mol. The van der Waals surface area contributed by atoms with Crippen LogP contribution in [0.1, 0.15) is 27.2 Å². The van der Waals surface area contributed by atoms with Gasteiger partial charge in [0.25, 0.3) is 0 Å². The molecule has 0 atom stereocenters. The minimum atomic E-state index is 0.158. The summed E-state index contributed by atoms with van der Waals surface area (Å²) < 4.78 is 10.5. The molecule has 1 aromatic rings. The molecule has 2 N–H and O–H groups in total. The van der Waals surface area contributed by atoms with E-state index in [0.717, 1.165) is 6.42 Å². The van der Waals surface area contributed by atoms with Crippen molar-refractivity contribution in [3.63, 3.8) is 0 Å². The van der Waals surface area contributed by atoms with Crippen molar-refractivity contribution in [3.05, 3.63) is 6.07 Å². The van der Waals surface area contributed by atoms with Gasteiger partial charge in [0.1, 0.15) is 0 Å². The highest BCUT2D eigenvalue weighted by Crippen LogP contribution is 2.20. The molecule has 0 amide bonds. The fourth-order valence-corrected chi connectivity index (χ4v) is 1.06. The lowest BCUT2D eigenvalue weighted by Crippen LogP contribution is -2.12. The van der Waals surface area contributed by atoms with E-state index in [0.29, 0.717) is 18.4 Å². The Kier molecular flexibility index (Phi) is 3.93. The summed E-state index contributed by atoms with van der Waals surface area (Å²) in [4.78, 5) is 7.84. The zero-order valence-corrected chi connectivity index (χ0v) is 10.3. The Labute approximate surface area is 96.0 Å². The highest BCUT2D eigenvalue weighted by molar-refractivity contribution is 5.29. The van der Waals surface area contributed by atoms with Crippen LogP contribution in [0.15, 0.2) is 6.07 Å². The Morgan fingerprint density at radius 3 is 2.44 bits per heavy atom. The van der Waals surface area contributed by atoms with Crippen molar-refractivity contribution < 1.29 is 9.47 Å². The smallest absolute Gasteiger partial charge is 0.226 e. The third-order valence-electron chi connectivity index (χ3n) is 2.01. The lowest BCUT2D eigenvalue weighted by Gasteiger charge is -2.17.